The number of carboxylic acids is 2. The molecule has 7 rings (SSSR count). The number of carboxylic acid groups (broad SMARTS) is 2. The second-order valence-corrected chi connectivity index (χ2v) is 16.3. The normalized spacial score (nSPS) is 20.1. The van der Waals surface area contributed by atoms with Gasteiger partial charge in [0.25, 0.3) is 0 Å². The van der Waals surface area contributed by atoms with Gasteiger partial charge in [0.1, 0.15) is 6.42 Å². The van der Waals surface area contributed by atoms with Gasteiger partial charge in [-0.05, 0) is 95.5 Å². The van der Waals surface area contributed by atoms with E-state index in [9.17, 15) is 19.8 Å². The molecule has 0 radical (unpaired) electrons. The Hall–Kier alpha value is -4.24. The maximum atomic E-state index is 11.8. The summed E-state index contributed by atoms with van der Waals surface area (Å²) in [5, 5.41) is 24.2. The predicted octanol–water partition coefficient (Wildman–Crippen LogP) is 10.3. The zero-order valence-corrected chi connectivity index (χ0v) is 32.7. The standard InChI is InChI=1S/C45H47IN2O4/c1-44(2)38(47(26-24-40(49)50)36-20-16-29-10-5-7-14-33(29)42(36)44)22-18-31-12-9-13-32(35(31)28-46)19-23-39-45(3,4)43-34-15-8-6-11-30(34)17-21-37(43)48(39)27-25-41(51)52/h5-8,10-11,14-22,39H,9,12-13,23-28H2,1-4H3,(H-,49,50,51,52)/p+1/b22-18+,32-19+. The molecule has 0 saturated carbocycles. The number of fused-ring (bicyclic) bond motifs is 6. The van der Waals surface area contributed by atoms with E-state index >= 15 is 0 Å². The summed E-state index contributed by atoms with van der Waals surface area (Å²) in [5.41, 5.74) is 9.58. The number of allylic oxidation sites excluding steroid dienone is 5. The van der Waals surface area contributed by atoms with Crippen LogP contribution < -0.4 is 4.90 Å². The van der Waals surface area contributed by atoms with E-state index in [4.69, 9.17) is 0 Å². The van der Waals surface area contributed by atoms with Crippen LogP contribution in [0.3, 0.4) is 0 Å². The van der Waals surface area contributed by atoms with E-state index in [1.807, 2.05) is 0 Å². The minimum atomic E-state index is -0.796. The van der Waals surface area contributed by atoms with Crippen LogP contribution in [0.5, 0.6) is 0 Å². The van der Waals surface area contributed by atoms with Crippen LogP contribution in [-0.2, 0) is 20.4 Å². The second kappa shape index (κ2) is 14.3. The van der Waals surface area contributed by atoms with Gasteiger partial charge < -0.3 is 15.1 Å². The van der Waals surface area contributed by atoms with Gasteiger partial charge in [0.2, 0.25) is 5.69 Å². The van der Waals surface area contributed by atoms with Crippen molar-refractivity contribution in [2.75, 3.05) is 22.4 Å². The fourth-order valence-electron chi connectivity index (χ4n) is 9.29. The molecule has 1 atom stereocenters. The van der Waals surface area contributed by atoms with Crippen molar-refractivity contribution in [2.45, 2.75) is 83.1 Å². The van der Waals surface area contributed by atoms with Crippen molar-refractivity contribution in [3.8, 4) is 0 Å². The fourth-order valence-corrected chi connectivity index (χ4v) is 10.3. The summed E-state index contributed by atoms with van der Waals surface area (Å²) in [5.74, 6) is -1.57. The summed E-state index contributed by atoms with van der Waals surface area (Å²) < 4.78 is 3.13. The Morgan fingerprint density at radius 2 is 1.50 bits per heavy atom. The third-order valence-electron chi connectivity index (χ3n) is 11.8. The lowest BCUT2D eigenvalue weighted by Crippen LogP contribution is -2.42. The highest BCUT2D eigenvalue weighted by Crippen LogP contribution is 2.50. The number of nitrogens with zero attached hydrogens (tertiary/aromatic N) is 2. The van der Waals surface area contributed by atoms with E-state index < -0.39 is 11.9 Å². The fraction of sp³-hybridized carbons (Fsp3) is 0.356. The van der Waals surface area contributed by atoms with Crippen molar-refractivity contribution in [2.24, 2.45) is 0 Å². The number of carbonyl (C=O) groups is 2. The Balaban J connectivity index is 1.24. The van der Waals surface area contributed by atoms with Gasteiger partial charge in [-0.1, -0.05) is 103 Å². The van der Waals surface area contributed by atoms with Gasteiger partial charge in [-0.3, -0.25) is 9.59 Å². The molecule has 0 fully saturated rings. The molecular weight excluding hydrogens is 759 g/mol. The van der Waals surface area contributed by atoms with Crippen molar-refractivity contribution in [1.82, 2.24) is 0 Å². The lowest BCUT2D eigenvalue weighted by atomic mass is 9.76. The maximum Gasteiger partial charge on any atom is 0.309 e. The maximum absolute atomic E-state index is 11.8. The summed E-state index contributed by atoms with van der Waals surface area (Å²) in [6.07, 6.45) is 11.1. The van der Waals surface area contributed by atoms with Crippen LogP contribution in [0.15, 0.2) is 108 Å². The Morgan fingerprint density at radius 1 is 0.846 bits per heavy atom. The number of aliphatic carboxylic acids is 2. The van der Waals surface area contributed by atoms with Crippen LogP contribution in [0.4, 0.5) is 11.4 Å². The summed E-state index contributed by atoms with van der Waals surface area (Å²) in [6.45, 7) is 10.1. The van der Waals surface area contributed by atoms with Crippen LogP contribution in [0.25, 0.3) is 21.5 Å². The molecule has 0 spiro atoms. The number of benzene rings is 4. The van der Waals surface area contributed by atoms with E-state index in [1.165, 1.54) is 49.4 Å². The molecule has 3 aliphatic rings. The van der Waals surface area contributed by atoms with Gasteiger partial charge in [-0.2, -0.15) is 4.58 Å². The van der Waals surface area contributed by atoms with Gasteiger partial charge in [-0.25, -0.2) is 0 Å². The number of halogens is 1. The van der Waals surface area contributed by atoms with Gasteiger partial charge >= 0.3 is 11.9 Å². The molecule has 2 N–H and O–H groups in total. The smallest absolute Gasteiger partial charge is 0.309 e. The molecule has 7 heteroatoms. The summed E-state index contributed by atoms with van der Waals surface area (Å²) in [4.78, 5) is 25.9. The third kappa shape index (κ3) is 6.39. The highest BCUT2D eigenvalue weighted by atomic mass is 127. The van der Waals surface area contributed by atoms with E-state index in [0.29, 0.717) is 13.1 Å². The molecule has 6 nitrogen and oxygen atoms in total. The molecule has 2 aliphatic heterocycles. The second-order valence-electron chi connectivity index (χ2n) is 15.5. The van der Waals surface area contributed by atoms with Crippen LogP contribution >= 0.6 is 22.6 Å². The van der Waals surface area contributed by atoms with Crippen LogP contribution in [0.1, 0.15) is 77.3 Å². The molecule has 268 valence electrons. The third-order valence-corrected chi connectivity index (χ3v) is 12.5. The zero-order valence-electron chi connectivity index (χ0n) is 30.6. The van der Waals surface area contributed by atoms with Gasteiger partial charge in [0, 0.05) is 45.8 Å². The van der Waals surface area contributed by atoms with E-state index in [2.05, 4.69) is 151 Å². The summed E-state index contributed by atoms with van der Waals surface area (Å²) >= 11 is 2.50. The topological polar surface area (TPSA) is 80.9 Å². The highest BCUT2D eigenvalue weighted by molar-refractivity contribution is 14.1. The molecule has 0 saturated heterocycles. The average molecular weight is 808 g/mol. The van der Waals surface area contributed by atoms with Crippen molar-refractivity contribution in [3.63, 3.8) is 0 Å². The molecule has 4 aromatic carbocycles. The molecule has 0 amide bonds. The molecule has 52 heavy (non-hydrogen) atoms. The summed E-state index contributed by atoms with van der Waals surface area (Å²) in [7, 11) is 0. The molecule has 2 heterocycles. The number of hydrogen-bond acceptors (Lipinski definition) is 3. The lowest BCUT2D eigenvalue weighted by molar-refractivity contribution is -0.436. The Kier molecular flexibility index (Phi) is 9.93. The van der Waals surface area contributed by atoms with Gasteiger partial charge in [-0.15, -0.1) is 0 Å². The van der Waals surface area contributed by atoms with Crippen molar-refractivity contribution >= 4 is 73.2 Å². The monoisotopic (exact) mass is 807 g/mol. The average Bonchev–Trinajstić information content (AvgIpc) is 3.49. The van der Waals surface area contributed by atoms with Gasteiger partial charge in [0.05, 0.1) is 11.8 Å². The predicted molar refractivity (Wildman–Crippen MR) is 221 cm³/mol. The van der Waals surface area contributed by atoms with Crippen molar-refractivity contribution in [1.29, 1.82) is 0 Å². The largest absolute Gasteiger partial charge is 0.481 e. The van der Waals surface area contributed by atoms with Crippen molar-refractivity contribution in [3.05, 3.63) is 119 Å². The molecule has 0 aromatic heterocycles. The quantitative estimate of drug-likeness (QED) is 0.0896. The minimum Gasteiger partial charge on any atom is -0.481 e. The SMILES string of the molecule is CC1(C)C(/C=C/C2=C(CI)C(=C/CC3N(CCC(=O)O)c4ccc5ccccc5c4C3(C)C)/CCC2)=[N+](CCC(=O)O)c2ccc3ccccc3c21. The Morgan fingerprint density at radius 3 is 2.17 bits per heavy atom. The minimum absolute atomic E-state index is 0.0644. The molecule has 0 bridgehead atoms. The summed E-state index contributed by atoms with van der Waals surface area (Å²) in [6, 6.07) is 25.8. The van der Waals surface area contributed by atoms with Crippen molar-refractivity contribution < 1.29 is 24.4 Å². The van der Waals surface area contributed by atoms with Crippen LogP contribution in [0.2, 0.25) is 0 Å². The van der Waals surface area contributed by atoms with E-state index in [1.54, 1.807) is 0 Å². The van der Waals surface area contributed by atoms with Gasteiger partial charge in [0.15, 0.2) is 12.3 Å². The molecular formula is C45H48IN2O4+. The first-order valence-electron chi connectivity index (χ1n) is 18.5. The Bertz CT molecular complexity index is 2220. The highest BCUT2D eigenvalue weighted by Gasteiger charge is 2.46. The number of hydrogen-bond donors (Lipinski definition) is 2. The molecule has 1 unspecified atom stereocenters. The van der Waals surface area contributed by atoms with E-state index in [-0.39, 0.29) is 29.7 Å². The van der Waals surface area contributed by atoms with E-state index in [0.717, 1.165) is 47.2 Å². The number of rotatable bonds is 11. The number of anilines is 1. The molecule has 1 aliphatic carbocycles. The van der Waals surface area contributed by atoms with Crippen LogP contribution in [0, 0.1) is 0 Å². The first-order valence-corrected chi connectivity index (χ1v) is 20.0. The first-order chi connectivity index (χ1) is 24.9. The first kappa shape index (κ1) is 36.1. The number of alkyl halides is 1. The zero-order chi connectivity index (χ0) is 36.8. The lowest BCUT2D eigenvalue weighted by Gasteiger charge is -2.34. The Labute approximate surface area is 320 Å². The van der Waals surface area contributed by atoms with Crippen LogP contribution in [-0.4, -0.2) is 56.0 Å². The molecule has 4 aromatic rings.